The highest BCUT2D eigenvalue weighted by atomic mass is 35.5. The summed E-state index contributed by atoms with van der Waals surface area (Å²) in [4.78, 5) is 12.9. The quantitative estimate of drug-likeness (QED) is 0.671. The molecule has 0 radical (unpaired) electrons. The van der Waals surface area contributed by atoms with Crippen molar-refractivity contribution >= 4 is 39.1 Å². The highest BCUT2D eigenvalue weighted by Crippen LogP contribution is 2.28. The molecule has 2 aromatic rings. The van der Waals surface area contributed by atoms with Crippen LogP contribution < -0.4 is 5.32 Å². The zero-order valence-electron chi connectivity index (χ0n) is 17.2. The second kappa shape index (κ2) is 9.49. The Balaban J connectivity index is 1.29. The summed E-state index contributed by atoms with van der Waals surface area (Å²) in [6.07, 6.45) is 4.75. The highest BCUT2D eigenvalue weighted by molar-refractivity contribution is 7.89. The zero-order valence-corrected chi connectivity index (χ0v) is 19.6. The van der Waals surface area contributed by atoms with E-state index in [0.29, 0.717) is 53.8 Å². The minimum absolute atomic E-state index is 0.0253. The van der Waals surface area contributed by atoms with Gasteiger partial charge in [-0.05, 0) is 85.5 Å². The third-order valence-electron chi connectivity index (χ3n) is 6.17. The Labute approximate surface area is 193 Å². The Morgan fingerprint density at radius 3 is 2.39 bits per heavy atom. The van der Waals surface area contributed by atoms with Crippen molar-refractivity contribution in [2.45, 2.75) is 43.4 Å². The Kier molecular flexibility index (Phi) is 6.92. The number of hydrogen-bond acceptors (Lipinski definition) is 3. The summed E-state index contributed by atoms with van der Waals surface area (Å²) in [6.45, 7) is 1.21. The number of nitrogens with one attached hydrogen (secondary N) is 1. The molecule has 2 aromatic carbocycles. The number of halogens is 2. The van der Waals surface area contributed by atoms with Crippen molar-refractivity contribution in [3.8, 4) is 0 Å². The van der Waals surface area contributed by atoms with Crippen molar-refractivity contribution in [1.82, 2.24) is 9.62 Å². The molecule has 1 saturated heterocycles. The zero-order chi connectivity index (χ0) is 22.0. The van der Waals surface area contributed by atoms with Crippen molar-refractivity contribution in [3.05, 3.63) is 63.1 Å². The third kappa shape index (κ3) is 5.25. The van der Waals surface area contributed by atoms with Gasteiger partial charge < -0.3 is 5.32 Å². The molecule has 1 heterocycles. The lowest BCUT2D eigenvalue weighted by Crippen LogP contribution is -2.43. The van der Waals surface area contributed by atoms with Crippen LogP contribution in [0, 0.1) is 5.92 Å². The number of aryl methyl sites for hydroxylation is 2. The lowest BCUT2D eigenvalue weighted by molar-refractivity contribution is -0.126. The smallest absolute Gasteiger partial charge is 0.243 e. The summed E-state index contributed by atoms with van der Waals surface area (Å²) >= 11 is 12.0. The van der Waals surface area contributed by atoms with E-state index in [1.165, 1.54) is 9.87 Å². The molecule has 0 aromatic heterocycles. The first-order chi connectivity index (χ1) is 14.8. The van der Waals surface area contributed by atoms with Gasteiger partial charge in [-0.25, -0.2) is 8.42 Å². The summed E-state index contributed by atoms with van der Waals surface area (Å²) in [7, 11) is -3.52. The van der Waals surface area contributed by atoms with E-state index in [1.807, 2.05) is 24.3 Å². The second-order valence-corrected chi connectivity index (χ2v) is 11.1. The van der Waals surface area contributed by atoms with Crippen LogP contribution in [0.25, 0.3) is 0 Å². The van der Waals surface area contributed by atoms with Crippen LogP contribution in [0.4, 0.5) is 0 Å². The third-order valence-corrected chi connectivity index (χ3v) is 8.50. The number of piperidine rings is 1. The normalized spacial score (nSPS) is 17.5. The molecular weight excluding hydrogens is 455 g/mol. The van der Waals surface area contributed by atoms with E-state index in [2.05, 4.69) is 5.32 Å². The van der Waals surface area contributed by atoms with Gasteiger partial charge in [0.1, 0.15) is 0 Å². The first-order valence-corrected chi connectivity index (χ1v) is 12.9. The number of sulfonamides is 1. The van der Waals surface area contributed by atoms with Crippen LogP contribution in [-0.2, 0) is 34.1 Å². The standard InChI is InChI=1S/C23H26Cl2N2O3S/c24-20-12-16(13-21(25)15-20)6-9-26-23(28)18-7-10-27(11-8-18)31(29,30)22-5-4-17-2-1-3-19(17)14-22/h4-5,12-15,18H,1-3,6-11H2,(H,26,28). The number of rotatable bonds is 6. The van der Waals surface area contributed by atoms with Gasteiger partial charge in [-0.1, -0.05) is 29.3 Å². The van der Waals surface area contributed by atoms with Gasteiger partial charge in [-0.3, -0.25) is 4.79 Å². The van der Waals surface area contributed by atoms with Gasteiger partial charge in [-0.2, -0.15) is 4.31 Å². The molecule has 1 fully saturated rings. The first kappa shape index (κ1) is 22.6. The maximum atomic E-state index is 13.1. The minimum Gasteiger partial charge on any atom is -0.356 e. The van der Waals surface area contributed by atoms with Gasteiger partial charge in [0.05, 0.1) is 4.90 Å². The van der Waals surface area contributed by atoms with Gasteiger partial charge in [0, 0.05) is 35.6 Å². The minimum atomic E-state index is -3.52. The van der Waals surface area contributed by atoms with E-state index in [9.17, 15) is 13.2 Å². The van der Waals surface area contributed by atoms with Crippen LogP contribution in [0.3, 0.4) is 0 Å². The Bertz CT molecular complexity index is 1060. The molecule has 5 nitrogen and oxygen atoms in total. The van der Waals surface area contributed by atoms with Crippen molar-refractivity contribution < 1.29 is 13.2 Å². The summed E-state index contributed by atoms with van der Waals surface area (Å²) < 4.78 is 27.6. The van der Waals surface area contributed by atoms with Gasteiger partial charge in [0.2, 0.25) is 15.9 Å². The van der Waals surface area contributed by atoms with Gasteiger partial charge in [0.15, 0.2) is 0 Å². The predicted molar refractivity (Wildman–Crippen MR) is 123 cm³/mol. The topological polar surface area (TPSA) is 66.5 Å². The van der Waals surface area contributed by atoms with Crippen LogP contribution >= 0.6 is 23.2 Å². The first-order valence-electron chi connectivity index (χ1n) is 10.7. The average molecular weight is 481 g/mol. The average Bonchev–Trinajstić information content (AvgIpc) is 3.21. The molecule has 8 heteroatoms. The molecule has 0 spiro atoms. The molecule has 31 heavy (non-hydrogen) atoms. The fourth-order valence-corrected chi connectivity index (χ4v) is 6.54. The maximum Gasteiger partial charge on any atom is 0.243 e. The molecule has 1 N–H and O–H groups in total. The van der Waals surface area contributed by atoms with Crippen molar-refractivity contribution in [2.24, 2.45) is 5.92 Å². The molecule has 0 atom stereocenters. The number of fused-ring (bicyclic) bond motifs is 1. The predicted octanol–water partition coefficient (Wildman–Crippen LogP) is 4.24. The molecule has 0 bridgehead atoms. The van der Waals surface area contributed by atoms with E-state index in [-0.39, 0.29) is 11.8 Å². The largest absolute Gasteiger partial charge is 0.356 e. The molecule has 1 amide bonds. The van der Waals surface area contributed by atoms with E-state index < -0.39 is 10.0 Å². The van der Waals surface area contributed by atoms with Crippen molar-refractivity contribution in [1.29, 1.82) is 0 Å². The van der Waals surface area contributed by atoms with E-state index in [4.69, 9.17) is 23.2 Å². The SMILES string of the molecule is O=C(NCCc1cc(Cl)cc(Cl)c1)C1CCN(S(=O)(=O)c2ccc3c(c2)CCC3)CC1. The molecule has 0 saturated carbocycles. The fourth-order valence-electron chi connectivity index (χ4n) is 4.45. The van der Waals surface area contributed by atoms with Crippen LogP contribution in [0.5, 0.6) is 0 Å². The Hall–Kier alpha value is -1.60. The highest BCUT2D eigenvalue weighted by Gasteiger charge is 2.32. The Morgan fingerprint density at radius 2 is 1.68 bits per heavy atom. The van der Waals surface area contributed by atoms with Crippen molar-refractivity contribution in [3.63, 3.8) is 0 Å². The monoisotopic (exact) mass is 480 g/mol. The molecule has 1 aliphatic heterocycles. The van der Waals surface area contributed by atoms with Crippen LogP contribution in [-0.4, -0.2) is 38.3 Å². The second-order valence-electron chi connectivity index (χ2n) is 8.28. The van der Waals surface area contributed by atoms with E-state index in [1.54, 1.807) is 12.1 Å². The molecular formula is C23H26Cl2N2O3S. The summed E-state index contributed by atoms with van der Waals surface area (Å²) in [5, 5.41) is 4.11. The number of hydrogen-bond donors (Lipinski definition) is 1. The maximum absolute atomic E-state index is 13.1. The van der Waals surface area contributed by atoms with Crippen LogP contribution in [0.15, 0.2) is 41.3 Å². The Morgan fingerprint density at radius 1 is 1.00 bits per heavy atom. The van der Waals surface area contributed by atoms with E-state index in [0.717, 1.165) is 30.4 Å². The van der Waals surface area contributed by atoms with Crippen LogP contribution in [0.1, 0.15) is 36.0 Å². The number of amides is 1. The van der Waals surface area contributed by atoms with Gasteiger partial charge in [0.25, 0.3) is 0 Å². The van der Waals surface area contributed by atoms with E-state index >= 15 is 0 Å². The van der Waals surface area contributed by atoms with Crippen molar-refractivity contribution in [2.75, 3.05) is 19.6 Å². The summed E-state index contributed by atoms with van der Waals surface area (Å²) in [5.41, 5.74) is 3.37. The molecule has 1 aliphatic carbocycles. The lowest BCUT2D eigenvalue weighted by atomic mass is 9.97. The number of carbonyl (C=O) groups excluding carboxylic acids is 1. The number of nitrogens with zero attached hydrogens (tertiary/aromatic N) is 1. The molecule has 2 aliphatic rings. The van der Waals surface area contributed by atoms with Gasteiger partial charge >= 0.3 is 0 Å². The fraction of sp³-hybridized carbons (Fsp3) is 0.435. The summed E-state index contributed by atoms with van der Waals surface area (Å²) in [6, 6.07) is 10.8. The molecule has 0 unspecified atom stereocenters. The molecule has 4 rings (SSSR count). The summed E-state index contributed by atoms with van der Waals surface area (Å²) in [5.74, 6) is -0.197. The van der Waals surface area contributed by atoms with Crippen LogP contribution in [0.2, 0.25) is 10.0 Å². The van der Waals surface area contributed by atoms with Gasteiger partial charge in [-0.15, -0.1) is 0 Å². The molecule has 166 valence electrons. The number of benzene rings is 2. The number of carbonyl (C=O) groups is 1. The lowest BCUT2D eigenvalue weighted by Gasteiger charge is -2.30.